The van der Waals surface area contributed by atoms with Crippen LogP contribution in [0.3, 0.4) is 0 Å². The zero-order valence-electron chi connectivity index (χ0n) is 10.2. The van der Waals surface area contributed by atoms with E-state index in [2.05, 4.69) is 0 Å². The van der Waals surface area contributed by atoms with Gasteiger partial charge in [0.05, 0.1) is 18.8 Å². The molecule has 1 aliphatic rings. The predicted octanol–water partition coefficient (Wildman–Crippen LogP) is -0.0182. The van der Waals surface area contributed by atoms with Gasteiger partial charge in [-0.2, -0.15) is 0 Å². The highest BCUT2D eigenvalue weighted by Crippen LogP contribution is 2.05. The number of rotatable bonds is 3. The van der Waals surface area contributed by atoms with Crippen molar-refractivity contribution in [1.82, 2.24) is 14.4 Å². The second-order valence-corrected chi connectivity index (χ2v) is 4.45. The van der Waals surface area contributed by atoms with Crippen molar-refractivity contribution in [2.45, 2.75) is 0 Å². The first kappa shape index (κ1) is 11.9. The Kier molecular flexibility index (Phi) is 3.28. The maximum absolute atomic E-state index is 12.0. The van der Waals surface area contributed by atoms with Gasteiger partial charge in [-0.05, 0) is 12.1 Å². The lowest BCUT2D eigenvalue weighted by Gasteiger charge is -2.31. The largest absolute Gasteiger partial charge is 0.348 e. The molecule has 1 amide bonds. The molecular formula is C12H17N3O2. The zero-order chi connectivity index (χ0) is 12.4. The Morgan fingerprint density at radius 3 is 2.71 bits per heavy atom. The van der Waals surface area contributed by atoms with Gasteiger partial charge in [0.25, 0.3) is 0 Å². The Balaban J connectivity index is 1.96. The molecule has 92 valence electrons. The van der Waals surface area contributed by atoms with Gasteiger partial charge in [-0.25, -0.2) is 0 Å². The molecule has 0 saturated carbocycles. The second kappa shape index (κ2) is 4.71. The average Bonchev–Trinajstić information content (AvgIpc) is 2.70. The maximum atomic E-state index is 12.0. The topological polar surface area (TPSA) is 45.5 Å². The molecular weight excluding hydrogens is 218 g/mol. The Hall–Kier alpha value is -1.62. The maximum Gasteiger partial charge on any atom is 0.236 e. The van der Waals surface area contributed by atoms with Gasteiger partial charge < -0.3 is 9.47 Å². The number of nitrogens with zero attached hydrogens (tertiary/aromatic N) is 3. The average molecular weight is 235 g/mol. The van der Waals surface area contributed by atoms with Crippen LogP contribution in [-0.2, 0) is 11.8 Å². The molecule has 2 heterocycles. The van der Waals surface area contributed by atoms with Gasteiger partial charge in [0.15, 0.2) is 5.78 Å². The second-order valence-electron chi connectivity index (χ2n) is 4.45. The third-order valence-electron chi connectivity index (χ3n) is 3.13. The molecule has 1 fully saturated rings. The Morgan fingerprint density at radius 2 is 2.12 bits per heavy atom. The third-order valence-corrected chi connectivity index (χ3v) is 3.13. The summed E-state index contributed by atoms with van der Waals surface area (Å²) in [6.45, 7) is 2.11. The van der Waals surface area contributed by atoms with Crippen LogP contribution in [0.25, 0.3) is 0 Å². The molecule has 0 aliphatic carbocycles. The molecule has 1 aromatic heterocycles. The minimum absolute atomic E-state index is 0.0647. The molecule has 2 rings (SSSR count). The molecule has 0 N–H and O–H groups in total. The van der Waals surface area contributed by atoms with E-state index in [1.165, 1.54) is 0 Å². The number of carbonyl (C=O) groups is 2. The van der Waals surface area contributed by atoms with Crippen molar-refractivity contribution in [2.75, 3.05) is 33.2 Å². The number of aromatic nitrogens is 1. The molecule has 0 spiro atoms. The number of carbonyl (C=O) groups excluding carboxylic acids is 2. The van der Waals surface area contributed by atoms with Crippen LogP contribution in [0.4, 0.5) is 0 Å². The van der Waals surface area contributed by atoms with E-state index in [0.29, 0.717) is 25.3 Å². The highest BCUT2D eigenvalue weighted by molar-refractivity contribution is 5.96. The van der Waals surface area contributed by atoms with Crippen molar-refractivity contribution in [3.8, 4) is 0 Å². The molecule has 5 heteroatoms. The summed E-state index contributed by atoms with van der Waals surface area (Å²) >= 11 is 0. The molecule has 5 nitrogen and oxygen atoms in total. The first-order chi connectivity index (χ1) is 8.08. The number of hydrogen-bond donors (Lipinski definition) is 0. The van der Waals surface area contributed by atoms with E-state index < -0.39 is 0 Å². The lowest BCUT2D eigenvalue weighted by Crippen LogP contribution is -2.49. The lowest BCUT2D eigenvalue weighted by molar-refractivity contribution is -0.134. The molecule has 0 atom stereocenters. The van der Waals surface area contributed by atoms with Crippen molar-refractivity contribution in [1.29, 1.82) is 0 Å². The zero-order valence-corrected chi connectivity index (χ0v) is 10.2. The molecule has 0 radical (unpaired) electrons. The summed E-state index contributed by atoms with van der Waals surface area (Å²) in [5.41, 5.74) is 0.691. The summed E-state index contributed by atoms with van der Waals surface area (Å²) in [7, 11) is 3.64. The first-order valence-electron chi connectivity index (χ1n) is 5.69. The molecule has 0 bridgehead atoms. The van der Waals surface area contributed by atoms with Crippen LogP contribution in [-0.4, -0.2) is 59.3 Å². The normalized spacial score (nSPS) is 17.5. The molecule has 1 saturated heterocycles. The van der Waals surface area contributed by atoms with Crippen molar-refractivity contribution in [3.63, 3.8) is 0 Å². The van der Waals surface area contributed by atoms with Crippen LogP contribution < -0.4 is 0 Å². The van der Waals surface area contributed by atoms with E-state index in [4.69, 9.17) is 0 Å². The lowest BCUT2D eigenvalue weighted by atomic mass is 10.2. The molecule has 0 aromatic carbocycles. The van der Waals surface area contributed by atoms with Crippen molar-refractivity contribution in [3.05, 3.63) is 24.0 Å². The van der Waals surface area contributed by atoms with E-state index in [9.17, 15) is 9.59 Å². The SMILES string of the molecule is CN1CCN(CC(=O)c2cccn2C)CC1=O. The fourth-order valence-electron chi connectivity index (χ4n) is 1.98. The number of piperazine rings is 1. The van der Waals surface area contributed by atoms with Gasteiger partial charge in [0.2, 0.25) is 5.91 Å². The summed E-state index contributed by atoms with van der Waals surface area (Å²) < 4.78 is 1.81. The van der Waals surface area contributed by atoms with Gasteiger partial charge >= 0.3 is 0 Å². The van der Waals surface area contributed by atoms with Crippen LogP contribution >= 0.6 is 0 Å². The van der Waals surface area contributed by atoms with Crippen LogP contribution in [0.1, 0.15) is 10.5 Å². The Morgan fingerprint density at radius 1 is 1.35 bits per heavy atom. The van der Waals surface area contributed by atoms with Crippen LogP contribution in [0.15, 0.2) is 18.3 Å². The van der Waals surface area contributed by atoms with E-state index >= 15 is 0 Å². The Labute approximate surface area is 101 Å². The molecule has 0 unspecified atom stereocenters. The molecule has 17 heavy (non-hydrogen) atoms. The highest BCUT2D eigenvalue weighted by Gasteiger charge is 2.23. The minimum atomic E-state index is 0.0647. The van der Waals surface area contributed by atoms with Gasteiger partial charge in [0, 0.05) is 33.4 Å². The summed E-state index contributed by atoms with van der Waals surface area (Å²) in [6, 6.07) is 3.66. The fraction of sp³-hybridized carbons (Fsp3) is 0.500. The smallest absolute Gasteiger partial charge is 0.236 e. The standard InChI is InChI=1S/C12H17N3O2/c1-13-5-3-4-10(13)11(16)8-15-7-6-14(2)12(17)9-15/h3-5H,6-9H2,1-2H3. The van der Waals surface area contributed by atoms with Crippen LogP contribution in [0.5, 0.6) is 0 Å². The van der Waals surface area contributed by atoms with Gasteiger partial charge in [0.1, 0.15) is 0 Å². The third kappa shape index (κ3) is 2.55. The Bertz CT molecular complexity index is 439. The first-order valence-corrected chi connectivity index (χ1v) is 5.69. The molecule has 1 aromatic rings. The monoisotopic (exact) mass is 235 g/mol. The summed E-state index contributed by atoms with van der Waals surface area (Å²) in [4.78, 5) is 27.1. The van der Waals surface area contributed by atoms with E-state index in [1.54, 1.807) is 22.6 Å². The highest BCUT2D eigenvalue weighted by atomic mass is 16.2. The van der Waals surface area contributed by atoms with Crippen LogP contribution in [0.2, 0.25) is 0 Å². The number of likely N-dealkylation sites (N-methyl/N-ethyl adjacent to an activating group) is 1. The molecule has 1 aliphatic heterocycles. The van der Waals surface area contributed by atoms with E-state index in [0.717, 1.165) is 6.54 Å². The van der Waals surface area contributed by atoms with Crippen molar-refractivity contribution >= 4 is 11.7 Å². The number of Topliss-reactive ketones (excluding diaryl/α,β-unsaturated/α-hetero) is 1. The minimum Gasteiger partial charge on any atom is -0.348 e. The van der Waals surface area contributed by atoms with E-state index in [-0.39, 0.29) is 11.7 Å². The van der Waals surface area contributed by atoms with Crippen LogP contribution in [0, 0.1) is 0 Å². The van der Waals surface area contributed by atoms with Crippen molar-refractivity contribution in [2.24, 2.45) is 7.05 Å². The summed E-state index contributed by atoms with van der Waals surface area (Å²) in [5, 5.41) is 0. The number of hydrogen-bond acceptors (Lipinski definition) is 3. The quantitative estimate of drug-likeness (QED) is 0.692. The number of ketones is 1. The fourth-order valence-corrected chi connectivity index (χ4v) is 1.98. The summed E-state index contributed by atoms with van der Waals surface area (Å²) in [5.74, 6) is 0.144. The number of aryl methyl sites for hydroxylation is 1. The van der Waals surface area contributed by atoms with Crippen molar-refractivity contribution < 1.29 is 9.59 Å². The van der Waals surface area contributed by atoms with Gasteiger partial charge in [-0.15, -0.1) is 0 Å². The van der Waals surface area contributed by atoms with E-state index in [1.807, 2.05) is 24.2 Å². The summed E-state index contributed by atoms with van der Waals surface area (Å²) in [6.07, 6.45) is 1.85. The predicted molar refractivity (Wildman–Crippen MR) is 63.8 cm³/mol. The number of amides is 1. The van der Waals surface area contributed by atoms with Gasteiger partial charge in [-0.3, -0.25) is 14.5 Å². The van der Waals surface area contributed by atoms with Gasteiger partial charge in [-0.1, -0.05) is 0 Å².